The Bertz CT molecular complexity index is 1010. The molecule has 0 aliphatic rings. The van der Waals surface area contributed by atoms with Gasteiger partial charge in [0.25, 0.3) is 10.0 Å². The van der Waals surface area contributed by atoms with E-state index in [4.69, 9.17) is 4.74 Å². The Morgan fingerprint density at radius 3 is 2.60 bits per heavy atom. The highest BCUT2D eigenvalue weighted by Crippen LogP contribution is 2.29. The molecule has 0 unspecified atom stereocenters. The van der Waals surface area contributed by atoms with Gasteiger partial charge in [0.1, 0.15) is 10.6 Å². The molecule has 0 aliphatic heterocycles. The number of ether oxygens (including phenoxy) is 1. The Hall–Kier alpha value is -2.38. The van der Waals surface area contributed by atoms with Crippen LogP contribution in [-0.2, 0) is 10.0 Å². The number of benzene rings is 2. The first kappa shape index (κ1) is 17.4. The van der Waals surface area contributed by atoms with Gasteiger partial charge < -0.3 is 4.74 Å². The molecule has 1 aromatic heterocycles. The fourth-order valence-electron chi connectivity index (χ4n) is 2.44. The number of anilines is 1. The zero-order chi connectivity index (χ0) is 18.0. The molecule has 130 valence electrons. The lowest BCUT2D eigenvalue weighted by molar-refractivity contribution is 0.402. The molecular formula is C18H18N2O3S2. The predicted octanol–water partition coefficient (Wildman–Crippen LogP) is 4.24. The van der Waals surface area contributed by atoms with Crippen molar-refractivity contribution in [3.63, 3.8) is 0 Å². The third-order valence-electron chi connectivity index (χ3n) is 3.64. The SMILES string of the molecule is COc1ccc(C)cc1S(=O)(=O)Nc1cccc(-c2csc(C)n2)c1. The highest BCUT2D eigenvalue weighted by atomic mass is 32.2. The molecule has 25 heavy (non-hydrogen) atoms. The summed E-state index contributed by atoms with van der Waals surface area (Å²) in [5.74, 6) is 0.310. The van der Waals surface area contributed by atoms with Crippen molar-refractivity contribution in [3.8, 4) is 17.0 Å². The molecule has 2 aromatic carbocycles. The van der Waals surface area contributed by atoms with Crippen molar-refractivity contribution < 1.29 is 13.2 Å². The minimum absolute atomic E-state index is 0.116. The van der Waals surface area contributed by atoms with Gasteiger partial charge in [-0.1, -0.05) is 18.2 Å². The quantitative estimate of drug-likeness (QED) is 0.725. The van der Waals surface area contributed by atoms with E-state index in [1.54, 1.807) is 41.7 Å². The Labute approximate surface area is 151 Å². The summed E-state index contributed by atoms with van der Waals surface area (Å²) < 4.78 is 33.4. The number of sulfonamides is 1. The van der Waals surface area contributed by atoms with Crippen LogP contribution in [0.15, 0.2) is 52.7 Å². The first-order chi connectivity index (χ1) is 11.9. The predicted molar refractivity (Wildman–Crippen MR) is 101 cm³/mol. The first-order valence-electron chi connectivity index (χ1n) is 7.59. The maximum Gasteiger partial charge on any atom is 0.265 e. The van der Waals surface area contributed by atoms with Crippen LogP contribution in [0, 0.1) is 13.8 Å². The Morgan fingerprint density at radius 2 is 1.92 bits per heavy atom. The summed E-state index contributed by atoms with van der Waals surface area (Å²) in [6.07, 6.45) is 0. The van der Waals surface area contributed by atoms with E-state index >= 15 is 0 Å². The van der Waals surface area contributed by atoms with Crippen molar-refractivity contribution >= 4 is 27.0 Å². The molecule has 0 aliphatic carbocycles. The molecule has 3 rings (SSSR count). The minimum atomic E-state index is -3.77. The van der Waals surface area contributed by atoms with Crippen LogP contribution in [0.2, 0.25) is 0 Å². The third kappa shape index (κ3) is 3.83. The summed E-state index contributed by atoms with van der Waals surface area (Å²) in [5, 5.41) is 2.91. The molecule has 7 heteroatoms. The number of nitrogens with zero attached hydrogens (tertiary/aromatic N) is 1. The second-order valence-electron chi connectivity index (χ2n) is 5.59. The van der Waals surface area contributed by atoms with Gasteiger partial charge in [-0.15, -0.1) is 11.3 Å². The maximum absolute atomic E-state index is 12.8. The molecule has 0 radical (unpaired) electrons. The van der Waals surface area contributed by atoms with Gasteiger partial charge in [0.05, 0.1) is 17.8 Å². The normalized spacial score (nSPS) is 11.3. The molecule has 0 fully saturated rings. The number of hydrogen-bond donors (Lipinski definition) is 1. The fourth-order valence-corrected chi connectivity index (χ4v) is 4.37. The van der Waals surface area contributed by atoms with Crippen LogP contribution in [0.25, 0.3) is 11.3 Å². The molecule has 3 aromatic rings. The van der Waals surface area contributed by atoms with Crippen LogP contribution in [0.3, 0.4) is 0 Å². The third-order valence-corrected chi connectivity index (χ3v) is 5.81. The van der Waals surface area contributed by atoms with Gasteiger partial charge in [-0.05, 0) is 43.7 Å². The van der Waals surface area contributed by atoms with Gasteiger partial charge in [-0.3, -0.25) is 4.72 Å². The lowest BCUT2D eigenvalue weighted by Crippen LogP contribution is -2.14. The molecule has 0 saturated heterocycles. The van der Waals surface area contributed by atoms with E-state index in [-0.39, 0.29) is 4.90 Å². The minimum Gasteiger partial charge on any atom is -0.495 e. The number of methoxy groups -OCH3 is 1. The molecule has 0 spiro atoms. The number of thiazole rings is 1. The number of rotatable bonds is 5. The molecule has 5 nitrogen and oxygen atoms in total. The zero-order valence-electron chi connectivity index (χ0n) is 14.1. The van der Waals surface area contributed by atoms with Gasteiger partial charge in [0.2, 0.25) is 0 Å². The van der Waals surface area contributed by atoms with E-state index < -0.39 is 10.0 Å². The molecule has 0 bridgehead atoms. The van der Waals surface area contributed by atoms with Crippen LogP contribution < -0.4 is 9.46 Å². The topological polar surface area (TPSA) is 68.3 Å². The number of aryl methyl sites for hydroxylation is 2. The van der Waals surface area contributed by atoms with Crippen molar-refractivity contribution in [2.75, 3.05) is 11.8 Å². The number of nitrogens with one attached hydrogen (secondary N) is 1. The lowest BCUT2D eigenvalue weighted by atomic mass is 10.1. The fraction of sp³-hybridized carbons (Fsp3) is 0.167. The zero-order valence-corrected chi connectivity index (χ0v) is 15.7. The van der Waals surface area contributed by atoms with E-state index in [9.17, 15) is 8.42 Å². The lowest BCUT2D eigenvalue weighted by Gasteiger charge is -2.13. The van der Waals surface area contributed by atoms with E-state index in [1.807, 2.05) is 31.4 Å². The van der Waals surface area contributed by atoms with Gasteiger partial charge in [-0.25, -0.2) is 13.4 Å². The van der Waals surface area contributed by atoms with Gasteiger partial charge in [0.15, 0.2) is 0 Å². The van der Waals surface area contributed by atoms with E-state index in [2.05, 4.69) is 9.71 Å². The summed E-state index contributed by atoms with van der Waals surface area (Å²) in [6.45, 7) is 3.77. The van der Waals surface area contributed by atoms with Gasteiger partial charge in [0, 0.05) is 16.6 Å². The smallest absolute Gasteiger partial charge is 0.265 e. The summed E-state index contributed by atoms with van der Waals surface area (Å²) in [5.41, 5.74) is 3.01. The maximum atomic E-state index is 12.8. The van der Waals surface area contributed by atoms with Crippen LogP contribution in [-0.4, -0.2) is 20.5 Å². The standard InChI is InChI=1S/C18H18N2O3S2/c1-12-7-8-17(23-3)18(9-12)25(21,22)20-15-6-4-5-14(10-15)16-11-24-13(2)19-16/h4-11,20H,1-3H3. The van der Waals surface area contributed by atoms with Crippen LogP contribution in [0.1, 0.15) is 10.6 Å². The van der Waals surface area contributed by atoms with Gasteiger partial charge >= 0.3 is 0 Å². The monoisotopic (exact) mass is 374 g/mol. The summed E-state index contributed by atoms with van der Waals surface area (Å²) in [7, 11) is -2.31. The summed E-state index contributed by atoms with van der Waals surface area (Å²) in [6, 6.07) is 12.2. The van der Waals surface area contributed by atoms with E-state index in [0.29, 0.717) is 11.4 Å². The average Bonchev–Trinajstić information content (AvgIpc) is 3.01. The number of hydrogen-bond acceptors (Lipinski definition) is 5. The molecule has 1 heterocycles. The Morgan fingerprint density at radius 1 is 1.12 bits per heavy atom. The Balaban J connectivity index is 1.95. The van der Waals surface area contributed by atoms with Crippen molar-refractivity contribution in [3.05, 3.63) is 58.4 Å². The molecule has 0 amide bonds. The van der Waals surface area contributed by atoms with Crippen LogP contribution >= 0.6 is 11.3 Å². The van der Waals surface area contributed by atoms with Gasteiger partial charge in [-0.2, -0.15) is 0 Å². The van der Waals surface area contributed by atoms with E-state index in [1.165, 1.54) is 7.11 Å². The van der Waals surface area contributed by atoms with Crippen LogP contribution in [0.4, 0.5) is 5.69 Å². The molecule has 0 atom stereocenters. The largest absolute Gasteiger partial charge is 0.495 e. The van der Waals surface area contributed by atoms with Crippen LogP contribution in [0.5, 0.6) is 5.75 Å². The van der Waals surface area contributed by atoms with Crippen molar-refractivity contribution in [2.24, 2.45) is 0 Å². The first-order valence-corrected chi connectivity index (χ1v) is 9.95. The molecule has 1 N–H and O–H groups in total. The highest BCUT2D eigenvalue weighted by Gasteiger charge is 2.20. The highest BCUT2D eigenvalue weighted by molar-refractivity contribution is 7.92. The average molecular weight is 374 g/mol. The number of aromatic nitrogens is 1. The molecular weight excluding hydrogens is 356 g/mol. The van der Waals surface area contributed by atoms with Crippen molar-refractivity contribution in [1.82, 2.24) is 4.98 Å². The molecule has 0 saturated carbocycles. The summed E-state index contributed by atoms with van der Waals surface area (Å²) in [4.78, 5) is 4.55. The van der Waals surface area contributed by atoms with Crippen molar-refractivity contribution in [2.45, 2.75) is 18.7 Å². The second-order valence-corrected chi connectivity index (χ2v) is 8.31. The van der Waals surface area contributed by atoms with Crippen molar-refractivity contribution in [1.29, 1.82) is 0 Å². The Kier molecular flexibility index (Phi) is 4.78. The van der Waals surface area contributed by atoms with E-state index in [0.717, 1.165) is 21.8 Å². The summed E-state index contributed by atoms with van der Waals surface area (Å²) >= 11 is 1.56. The second kappa shape index (κ2) is 6.85.